The Kier molecular flexibility index (Phi) is 3.84. The minimum Gasteiger partial charge on any atom is -0.350 e. The van der Waals surface area contributed by atoms with Crippen molar-refractivity contribution in [2.24, 2.45) is 13.0 Å². The number of halogens is 1. The molecule has 1 N–H and O–H groups in total. The Labute approximate surface area is 131 Å². The van der Waals surface area contributed by atoms with E-state index in [0.29, 0.717) is 22.6 Å². The maximum Gasteiger partial charge on any atom is 0.283 e. The van der Waals surface area contributed by atoms with Gasteiger partial charge in [-0.2, -0.15) is 10.2 Å². The number of nitrogens with one attached hydrogen (secondary N) is 1. The van der Waals surface area contributed by atoms with E-state index in [9.17, 15) is 4.79 Å². The molecule has 6 nitrogen and oxygen atoms in total. The summed E-state index contributed by atoms with van der Waals surface area (Å²) in [6.07, 6.45) is 6.82. The second kappa shape index (κ2) is 5.63. The fourth-order valence-corrected chi connectivity index (χ4v) is 2.68. The van der Waals surface area contributed by atoms with Gasteiger partial charge in [0.2, 0.25) is 0 Å². The van der Waals surface area contributed by atoms with Gasteiger partial charge in [-0.15, -0.1) is 0 Å². The Hall–Kier alpha value is -1.63. The zero-order valence-corrected chi connectivity index (χ0v) is 13.7. The molecule has 0 spiro atoms. The van der Waals surface area contributed by atoms with Gasteiger partial charge >= 0.3 is 0 Å². The molecule has 21 heavy (non-hydrogen) atoms. The molecule has 2 aromatic heterocycles. The first-order chi connectivity index (χ1) is 10.1. The molecule has 1 aliphatic carbocycles. The van der Waals surface area contributed by atoms with Crippen LogP contribution in [-0.4, -0.2) is 19.6 Å². The summed E-state index contributed by atoms with van der Waals surface area (Å²) >= 11 is 3.39. The first kappa shape index (κ1) is 14.3. The quantitative estimate of drug-likeness (QED) is 0.898. The van der Waals surface area contributed by atoms with Crippen LogP contribution in [0.15, 0.2) is 21.7 Å². The van der Waals surface area contributed by atoms with Crippen molar-refractivity contribution in [2.45, 2.75) is 32.7 Å². The first-order valence-electron chi connectivity index (χ1n) is 7.13. The van der Waals surface area contributed by atoms with Crippen molar-refractivity contribution in [3.05, 3.63) is 32.9 Å². The predicted octanol–water partition coefficient (Wildman–Crippen LogP) is 2.46. The topological polar surface area (TPSA) is 64.7 Å². The number of hydrogen-bond donors (Lipinski definition) is 1. The second-order valence-corrected chi connectivity index (χ2v) is 6.24. The highest BCUT2D eigenvalue weighted by Crippen LogP contribution is 2.30. The van der Waals surface area contributed by atoms with E-state index in [-0.39, 0.29) is 5.56 Å². The van der Waals surface area contributed by atoms with Crippen LogP contribution in [0.25, 0.3) is 0 Å². The molecule has 2 aromatic rings. The lowest BCUT2D eigenvalue weighted by molar-refractivity contribution is 0.532. The van der Waals surface area contributed by atoms with Gasteiger partial charge in [-0.05, 0) is 41.1 Å². The molecule has 7 heteroatoms. The standard InChI is InChI=1S/C14H18BrN5O/c1-3-10-12(8-19(2)18-10)17-11-6-16-20(7-9-4-5-9)14(21)13(11)15/h6,8-9,17H,3-5,7H2,1-2H3. The van der Waals surface area contributed by atoms with Crippen molar-refractivity contribution >= 4 is 27.3 Å². The minimum absolute atomic E-state index is 0.0890. The third-order valence-electron chi connectivity index (χ3n) is 3.62. The summed E-state index contributed by atoms with van der Waals surface area (Å²) in [6.45, 7) is 2.76. The van der Waals surface area contributed by atoms with Gasteiger partial charge in [0.15, 0.2) is 0 Å². The molecule has 3 rings (SSSR count). The van der Waals surface area contributed by atoms with E-state index in [0.717, 1.165) is 17.8 Å². The molecule has 0 atom stereocenters. The largest absolute Gasteiger partial charge is 0.350 e. The molecule has 1 fully saturated rings. The molecule has 2 heterocycles. The van der Waals surface area contributed by atoms with Crippen LogP contribution in [0, 0.1) is 5.92 Å². The van der Waals surface area contributed by atoms with Crippen LogP contribution >= 0.6 is 15.9 Å². The van der Waals surface area contributed by atoms with Crippen molar-refractivity contribution in [2.75, 3.05) is 5.32 Å². The van der Waals surface area contributed by atoms with E-state index < -0.39 is 0 Å². The van der Waals surface area contributed by atoms with E-state index in [1.165, 1.54) is 17.5 Å². The predicted molar refractivity (Wildman–Crippen MR) is 84.8 cm³/mol. The van der Waals surface area contributed by atoms with Crippen LogP contribution in [0.5, 0.6) is 0 Å². The maximum absolute atomic E-state index is 12.3. The van der Waals surface area contributed by atoms with E-state index >= 15 is 0 Å². The number of aromatic nitrogens is 4. The van der Waals surface area contributed by atoms with Crippen LogP contribution in [0.4, 0.5) is 11.4 Å². The van der Waals surface area contributed by atoms with Crippen molar-refractivity contribution in [1.82, 2.24) is 19.6 Å². The summed E-state index contributed by atoms with van der Waals surface area (Å²) in [4.78, 5) is 12.3. The van der Waals surface area contributed by atoms with Gasteiger partial charge in [-0.25, -0.2) is 4.68 Å². The van der Waals surface area contributed by atoms with Crippen molar-refractivity contribution in [3.63, 3.8) is 0 Å². The molecule has 0 saturated heterocycles. The Morgan fingerprint density at radius 2 is 2.19 bits per heavy atom. The average molecular weight is 352 g/mol. The Balaban J connectivity index is 1.88. The molecule has 1 saturated carbocycles. The van der Waals surface area contributed by atoms with E-state index in [4.69, 9.17) is 0 Å². The SMILES string of the molecule is CCc1nn(C)cc1Nc1cnn(CC2CC2)c(=O)c1Br. The van der Waals surface area contributed by atoms with Crippen LogP contribution < -0.4 is 10.9 Å². The van der Waals surface area contributed by atoms with E-state index in [2.05, 4.69) is 38.4 Å². The third kappa shape index (κ3) is 3.02. The lowest BCUT2D eigenvalue weighted by atomic mass is 10.3. The molecule has 112 valence electrons. The van der Waals surface area contributed by atoms with Gasteiger partial charge in [-0.3, -0.25) is 9.48 Å². The Morgan fingerprint density at radius 1 is 1.43 bits per heavy atom. The summed E-state index contributed by atoms with van der Waals surface area (Å²) < 4.78 is 3.82. The second-order valence-electron chi connectivity index (χ2n) is 5.44. The monoisotopic (exact) mass is 351 g/mol. The lowest BCUT2D eigenvalue weighted by Crippen LogP contribution is -2.25. The fourth-order valence-electron chi connectivity index (χ4n) is 2.27. The molecule has 0 aliphatic heterocycles. The Morgan fingerprint density at radius 3 is 2.86 bits per heavy atom. The van der Waals surface area contributed by atoms with Crippen molar-refractivity contribution in [1.29, 1.82) is 0 Å². The van der Waals surface area contributed by atoms with Gasteiger partial charge in [0, 0.05) is 19.8 Å². The molecule has 0 unspecified atom stereocenters. The summed E-state index contributed by atoms with van der Waals surface area (Å²) in [5, 5.41) is 11.9. The van der Waals surface area contributed by atoms with Gasteiger partial charge in [0.05, 0.1) is 23.3 Å². The molecule has 0 bridgehead atoms. The number of anilines is 2. The molecule has 0 radical (unpaired) electrons. The lowest BCUT2D eigenvalue weighted by Gasteiger charge is -2.09. The Bertz CT molecular complexity index is 717. The molecule has 0 aromatic carbocycles. The van der Waals surface area contributed by atoms with Gasteiger partial charge < -0.3 is 5.32 Å². The summed E-state index contributed by atoms with van der Waals surface area (Å²) in [5.41, 5.74) is 2.46. The smallest absolute Gasteiger partial charge is 0.283 e. The number of rotatable bonds is 5. The molecular weight excluding hydrogens is 334 g/mol. The highest BCUT2D eigenvalue weighted by Gasteiger charge is 2.23. The molecule has 0 amide bonds. The summed E-state index contributed by atoms with van der Waals surface area (Å²) in [6, 6.07) is 0. The molecule has 1 aliphatic rings. The summed E-state index contributed by atoms with van der Waals surface area (Å²) in [7, 11) is 1.88. The van der Waals surface area contributed by atoms with Gasteiger partial charge in [0.25, 0.3) is 5.56 Å². The zero-order valence-electron chi connectivity index (χ0n) is 12.1. The fraction of sp³-hybridized carbons (Fsp3) is 0.500. The van der Waals surface area contributed by atoms with Crippen LogP contribution in [0.1, 0.15) is 25.5 Å². The first-order valence-corrected chi connectivity index (χ1v) is 7.93. The normalized spacial score (nSPS) is 14.4. The number of aryl methyl sites for hydroxylation is 2. The van der Waals surface area contributed by atoms with Crippen LogP contribution in [-0.2, 0) is 20.0 Å². The molecular formula is C14H18BrN5O. The highest BCUT2D eigenvalue weighted by molar-refractivity contribution is 9.10. The highest BCUT2D eigenvalue weighted by atomic mass is 79.9. The third-order valence-corrected chi connectivity index (χ3v) is 4.39. The van der Waals surface area contributed by atoms with Crippen LogP contribution in [0.2, 0.25) is 0 Å². The van der Waals surface area contributed by atoms with Gasteiger partial charge in [-0.1, -0.05) is 6.92 Å². The van der Waals surface area contributed by atoms with E-state index in [1.807, 2.05) is 13.2 Å². The minimum atomic E-state index is -0.0890. The van der Waals surface area contributed by atoms with Crippen molar-refractivity contribution < 1.29 is 0 Å². The average Bonchev–Trinajstić information content (AvgIpc) is 3.20. The van der Waals surface area contributed by atoms with Crippen LogP contribution in [0.3, 0.4) is 0 Å². The number of hydrogen-bond acceptors (Lipinski definition) is 4. The zero-order chi connectivity index (χ0) is 15.0. The maximum atomic E-state index is 12.3. The van der Waals surface area contributed by atoms with E-state index in [1.54, 1.807) is 10.9 Å². The summed E-state index contributed by atoms with van der Waals surface area (Å²) in [5.74, 6) is 0.617. The number of nitrogens with zero attached hydrogens (tertiary/aromatic N) is 4. The van der Waals surface area contributed by atoms with Gasteiger partial charge in [0.1, 0.15) is 4.47 Å². The van der Waals surface area contributed by atoms with Crippen molar-refractivity contribution in [3.8, 4) is 0 Å².